The van der Waals surface area contributed by atoms with Crippen LogP contribution in [0, 0.1) is 11.3 Å². The second kappa shape index (κ2) is 6.48. The smallest absolute Gasteiger partial charge is 0.182 e. The number of hydrogen-bond acceptors (Lipinski definition) is 4. The Hall–Kier alpha value is -2.67. The molecule has 0 amide bonds. The summed E-state index contributed by atoms with van der Waals surface area (Å²) in [6, 6.07) is 14.5. The number of rotatable bonds is 5. The molecule has 0 fully saturated rings. The highest BCUT2D eigenvalue weighted by Gasteiger charge is 2.17. The maximum Gasteiger partial charge on any atom is 0.182 e. The topological polar surface area (TPSA) is 63.0 Å². The molecule has 0 N–H and O–H groups in total. The summed E-state index contributed by atoms with van der Waals surface area (Å²) in [4.78, 5) is 16.1. The number of nitrogens with zero attached hydrogens (tertiary/aromatic N) is 2. The number of ketones is 1. The zero-order chi connectivity index (χ0) is 14.4. The standard InChI is InChI=1S/C16H14N2O2/c1-20-14-6-4-5-12(9-14)13(11-17)10-16(19)15-7-2-3-8-18-15/h2-9,13H,10H2,1H3. The van der Waals surface area contributed by atoms with E-state index in [0.29, 0.717) is 11.4 Å². The Kier molecular flexibility index (Phi) is 4.46. The molecular formula is C16H14N2O2. The minimum Gasteiger partial charge on any atom is -0.497 e. The molecule has 20 heavy (non-hydrogen) atoms. The molecule has 1 aromatic carbocycles. The van der Waals surface area contributed by atoms with Crippen molar-refractivity contribution in [3.63, 3.8) is 0 Å². The number of benzene rings is 1. The first kappa shape index (κ1) is 13.8. The van der Waals surface area contributed by atoms with Crippen molar-refractivity contribution in [2.75, 3.05) is 7.11 Å². The summed E-state index contributed by atoms with van der Waals surface area (Å²) in [6.07, 6.45) is 1.68. The lowest BCUT2D eigenvalue weighted by Crippen LogP contribution is -2.08. The van der Waals surface area contributed by atoms with Crippen LogP contribution in [0.3, 0.4) is 0 Å². The SMILES string of the molecule is COc1cccc(C(C#N)CC(=O)c2ccccn2)c1. The van der Waals surface area contributed by atoms with Gasteiger partial charge in [-0.25, -0.2) is 0 Å². The fraction of sp³-hybridized carbons (Fsp3) is 0.188. The van der Waals surface area contributed by atoms with Crippen molar-refractivity contribution in [3.8, 4) is 11.8 Å². The highest BCUT2D eigenvalue weighted by molar-refractivity contribution is 5.94. The van der Waals surface area contributed by atoms with Gasteiger partial charge in [0, 0.05) is 12.6 Å². The van der Waals surface area contributed by atoms with Gasteiger partial charge >= 0.3 is 0 Å². The molecule has 0 aliphatic heterocycles. The van der Waals surface area contributed by atoms with Gasteiger partial charge in [-0.2, -0.15) is 5.26 Å². The molecule has 4 nitrogen and oxygen atoms in total. The van der Waals surface area contributed by atoms with E-state index in [0.717, 1.165) is 5.56 Å². The van der Waals surface area contributed by atoms with E-state index in [1.165, 1.54) is 0 Å². The average molecular weight is 266 g/mol. The highest BCUT2D eigenvalue weighted by Crippen LogP contribution is 2.24. The van der Waals surface area contributed by atoms with E-state index in [1.807, 2.05) is 12.1 Å². The Bertz CT molecular complexity index is 632. The number of hydrogen-bond donors (Lipinski definition) is 0. The molecule has 1 heterocycles. The van der Waals surface area contributed by atoms with Crippen molar-refractivity contribution in [2.24, 2.45) is 0 Å². The van der Waals surface area contributed by atoms with Gasteiger partial charge in [-0.3, -0.25) is 9.78 Å². The molecule has 1 atom stereocenters. The number of carbonyl (C=O) groups is 1. The fourth-order valence-corrected chi connectivity index (χ4v) is 1.91. The van der Waals surface area contributed by atoms with E-state index < -0.39 is 5.92 Å². The predicted octanol–water partition coefficient (Wildman–Crippen LogP) is 2.97. The third-order valence-corrected chi connectivity index (χ3v) is 2.99. The third kappa shape index (κ3) is 3.21. The summed E-state index contributed by atoms with van der Waals surface area (Å²) in [5.41, 5.74) is 1.16. The van der Waals surface area contributed by atoms with Crippen molar-refractivity contribution in [2.45, 2.75) is 12.3 Å². The first-order chi connectivity index (χ1) is 9.74. The van der Waals surface area contributed by atoms with Crippen molar-refractivity contribution >= 4 is 5.78 Å². The van der Waals surface area contributed by atoms with E-state index in [4.69, 9.17) is 4.74 Å². The van der Waals surface area contributed by atoms with Crippen LogP contribution in [-0.4, -0.2) is 17.9 Å². The average Bonchev–Trinajstić information content (AvgIpc) is 2.53. The lowest BCUT2D eigenvalue weighted by atomic mass is 9.94. The summed E-state index contributed by atoms with van der Waals surface area (Å²) in [6.45, 7) is 0. The number of pyridine rings is 1. The second-order valence-electron chi connectivity index (χ2n) is 4.30. The first-order valence-electron chi connectivity index (χ1n) is 6.22. The maximum atomic E-state index is 12.1. The van der Waals surface area contributed by atoms with Crippen LogP contribution in [-0.2, 0) is 0 Å². The molecule has 1 aromatic heterocycles. The summed E-state index contributed by atoms with van der Waals surface area (Å²) in [7, 11) is 1.57. The summed E-state index contributed by atoms with van der Waals surface area (Å²) in [5, 5.41) is 9.28. The summed E-state index contributed by atoms with van der Waals surface area (Å²) < 4.78 is 5.13. The number of methoxy groups -OCH3 is 1. The number of ether oxygens (including phenoxy) is 1. The van der Waals surface area contributed by atoms with Crippen LogP contribution in [0.4, 0.5) is 0 Å². The van der Waals surface area contributed by atoms with Crippen LogP contribution in [0.2, 0.25) is 0 Å². The first-order valence-corrected chi connectivity index (χ1v) is 6.22. The molecule has 1 unspecified atom stereocenters. The molecule has 0 aliphatic rings. The Morgan fingerprint density at radius 1 is 1.35 bits per heavy atom. The normalized spacial score (nSPS) is 11.4. The van der Waals surface area contributed by atoms with E-state index in [2.05, 4.69) is 11.1 Å². The van der Waals surface area contributed by atoms with Crippen LogP contribution in [0.5, 0.6) is 5.75 Å². The summed E-state index contributed by atoms with van der Waals surface area (Å²) in [5.74, 6) is 0.0348. The van der Waals surface area contributed by atoms with Gasteiger partial charge in [0.1, 0.15) is 11.4 Å². The maximum absolute atomic E-state index is 12.1. The summed E-state index contributed by atoms with van der Waals surface area (Å²) >= 11 is 0. The zero-order valence-electron chi connectivity index (χ0n) is 11.1. The van der Waals surface area contributed by atoms with E-state index in [-0.39, 0.29) is 12.2 Å². The van der Waals surface area contributed by atoms with E-state index >= 15 is 0 Å². The van der Waals surface area contributed by atoms with Gasteiger partial charge in [0.05, 0.1) is 19.1 Å². The highest BCUT2D eigenvalue weighted by atomic mass is 16.5. The minimum absolute atomic E-state index is 0.112. The molecule has 0 saturated carbocycles. The van der Waals surface area contributed by atoms with Crippen LogP contribution in [0.15, 0.2) is 48.7 Å². The molecule has 0 spiro atoms. The molecule has 4 heteroatoms. The quantitative estimate of drug-likeness (QED) is 0.780. The number of Topliss-reactive ketones (excluding diaryl/α,β-unsaturated/α-hetero) is 1. The molecule has 0 bridgehead atoms. The van der Waals surface area contributed by atoms with Crippen molar-refractivity contribution in [1.82, 2.24) is 4.98 Å². The van der Waals surface area contributed by atoms with Gasteiger partial charge in [-0.1, -0.05) is 18.2 Å². The van der Waals surface area contributed by atoms with Gasteiger partial charge in [0.15, 0.2) is 5.78 Å². The van der Waals surface area contributed by atoms with Crippen LogP contribution in [0.1, 0.15) is 28.4 Å². The molecular weight excluding hydrogens is 252 g/mol. The van der Waals surface area contributed by atoms with Gasteiger partial charge in [0.2, 0.25) is 0 Å². The lowest BCUT2D eigenvalue weighted by molar-refractivity contribution is 0.0974. The molecule has 100 valence electrons. The minimum atomic E-state index is -0.500. The molecule has 0 radical (unpaired) electrons. The van der Waals surface area contributed by atoms with Gasteiger partial charge in [-0.15, -0.1) is 0 Å². The number of carbonyl (C=O) groups excluding carboxylic acids is 1. The molecule has 0 saturated heterocycles. The lowest BCUT2D eigenvalue weighted by Gasteiger charge is -2.10. The molecule has 2 rings (SSSR count). The van der Waals surface area contributed by atoms with E-state index in [9.17, 15) is 10.1 Å². The zero-order valence-corrected chi connectivity index (χ0v) is 11.1. The third-order valence-electron chi connectivity index (χ3n) is 2.99. The monoisotopic (exact) mass is 266 g/mol. The van der Waals surface area contributed by atoms with Crippen LogP contribution >= 0.6 is 0 Å². The van der Waals surface area contributed by atoms with E-state index in [1.54, 1.807) is 43.6 Å². The largest absolute Gasteiger partial charge is 0.497 e. The Balaban J connectivity index is 2.17. The number of aromatic nitrogens is 1. The van der Waals surface area contributed by atoms with Gasteiger partial charge < -0.3 is 4.74 Å². The fourth-order valence-electron chi connectivity index (χ4n) is 1.91. The van der Waals surface area contributed by atoms with Crippen molar-refractivity contribution in [3.05, 3.63) is 59.9 Å². The predicted molar refractivity (Wildman–Crippen MR) is 74.5 cm³/mol. The van der Waals surface area contributed by atoms with Crippen LogP contribution in [0.25, 0.3) is 0 Å². The Labute approximate surface area is 117 Å². The second-order valence-corrected chi connectivity index (χ2v) is 4.30. The molecule has 2 aromatic rings. The van der Waals surface area contributed by atoms with Crippen molar-refractivity contribution < 1.29 is 9.53 Å². The Morgan fingerprint density at radius 2 is 2.20 bits per heavy atom. The van der Waals surface area contributed by atoms with Crippen molar-refractivity contribution in [1.29, 1.82) is 5.26 Å². The van der Waals surface area contributed by atoms with Gasteiger partial charge in [-0.05, 0) is 29.8 Å². The van der Waals surface area contributed by atoms with Gasteiger partial charge in [0.25, 0.3) is 0 Å². The Morgan fingerprint density at radius 3 is 2.85 bits per heavy atom. The number of nitriles is 1. The molecule has 0 aliphatic carbocycles. The van der Waals surface area contributed by atoms with Crippen LogP contribution < -0.4 is 4.74 Å².